The van der Waals surface area contributed by atoms with Crippen LogP contribution in [0.25, 0.3) is 0 Å². The third-order valence-electron chi connectivity index (χ3n) is 3.05. The Morgan fingerprint density at radius 2 is 1.95 bits per heavy atom. The van der Waals surface area contributed by atoms with E-state index in [4.69, 9.17) is 4.74 Å². The number of allylic oxidation sites excluding steroid dienone is 2. The van der Waals surface area contributed by atoms with Gasteiger partial charge in [0.25, 0.3) is 0 Å². The van der Waals surface area contributed by atoms with E-state index in [1.807, 2.05) is 30.3 Å². The molecule has 1 aliphatic carbocycles. The first-order chi connectivity index (χ1) is 9.13. The third-order valence-corrected chi connectivity index (χ3v) is 3.05. The second kappa shape index (κ2) is 5.61. The molecule has 0 aliphatic heterocycles. The van der Waals surface area contributed by atoms with Crippen molar-refractivity contribution in [2.24, 2.45) is 5.92 Å². The second-order valence-electron chi connectivity index (χ2n) is 4.33. The molecule has 2 atom stereocenters. The van der Waals surface area contributed by atoms with Crippen LogP contribution in [0, 0.1) is 5.92 Å². The number of esters is 1. The molecule has 0 saturated heterocycles. The molecule has 0 heterocycles. The number of hydrogen-bond acceptors (Lipinski definition) is 4. The highest BCUT2D eigenvalue weighted by atomic mass is 16.5. The van der Waals surface area contributed by atoms with Gasteiger partial charge in [0.05, 0.1) is 6.61 Å². The summed E-state index contributed by atoms with van der Waals surface area (Å²) in [4.78, 5) is 12.0. The van der Waals surface area contributed by atoms with Gasteiger partial charge in [0.1, 0.15) is 17.4 Å². The normalized spacial score (nSPS) is 22.4. The Kier molecular flexibility index (Phi) is 3.90. The number of carbonyl (C=O) groups is 1. The van der Waals surface area contributed by atoms with E-state index in [1.54, 1.807) is 13.0 Å². The Morgan fingerprint density at radius 1 is 1.26 bits per heavy atom. The van der Waals surface area contributed by atoms with Crippen LogP contribution in [-0.4, -0.2) is 22.8 Å². The van der Waals surface area contributed by atoms with Crippen molar-refractivity contribution in [2.75, 3.05) is 6.61 Å². The van der Waals surface area contributed by atoms with Gasteiger partial charge in [0.2, 0.25) is 0 Å². The van der Waals surface area contributed by atoms with Crippen LogP contribution in [-0.2, 0) is 9.53 Å². The fraction of sp³-hybridized carbons (Fsp3) is 0.267. The molecule has 4 heteroatoms. The lowest BCUT2D eigenvalue weighted by atomic mass is 9.81. The van der Waals surface area contributed by atoms with Crippen LogP contribution in [0.15, 0.2) is 54.0 Å². The van der Waals surface area contributed by atoms with Crippen molar-refractivity contribution in [3.8, 4) is 0 Å². The summed E-state index contributed by atoms with van der Waals surface area (Å²) < 4.78 is 4.99. The first kappa shape index (κ1) is 13.2. The maximum atomic E-state index is 12.0. The monoisotopic (exact) mass is 260 g/mol. The first-order valence-electron chi connectivity index (χ1n) is 6.16. The minimum atomic E-state index is -0.807. The zero-order valence-electron chi connectivity index (χ0n) is 10.6. The Balaban J connectivity index is 2.38. The van der Waals surface area contributed by atoms with Gasteiger partial charge >= 0.3 is 5.97 Å². The van der Waals surface area contributed by atoms with Crippen molar-refractivity contribution >= 4 is 5.97 Å². The van der Waals surface area contributed by atoms with Crippen LogP contribution >= 0.6 is 0 Å². The molecule has 0 fully saturated rings. The van der Waals surface area contributed by atoms with E-state index in [0.717, 1.165) is 5.56 Å². The largest absolute Gasteiger partial charge is 0.511 e. The molecule has 0 radical (unpaired) electrons. The molecule has 0 amide bonds. The van der Waals surface area contributed by atoms with Crippen molar-refractivity contribution in [3.05, 3.63) is 59.6 Å². The smallest absolute Gasteiger partial charge is 0.317 e. The summed E-state index contributed by atoms with van der Waals surface area (Å²) in [5.74, 6) is -1.95. The Morgan fingerprint density at radius 3 is 2.58 bits per heavy atom. The minimum absolute atomic E-state index is 0.0492. The number of hydrogen-bond donors (Lipinski definition) is 2. The van der Waals surface area contributed by atoms with E-state index >= 15 is 0 Å². The number of ether oxygens (including phenoxy) is 1. The Hall–Kier alpha value is -2.23. The maximum Gasteiger partial charge on any atom is 0.317 e. The summed E-state index contributed by atoms with van der Waals surface area (Å²) in [6.45, 7) is 1.96. The lowest BCUT2D eigenvalue weighted by Gasteiger charge is -2.26. The molecule has 0 aromatic heterocycles. The van der Waals surface area contributed by atoms with Crippen molar-refractivity contribution in [3.63, 3.8) is 0 Å². The number of aliphatic hydroxyl groups is 2. The number of carbonyl (C=O) groups excluding carboxylic acids is 1. The summed E-state index contributed by atoms with van der Waals surface area (Å²) in [7, 11) is 0. The van der Waals surface area contributed by atoms with Crippen LogP contribution in [0.5, 0.6) is 0 Å². The highest BCUT2D eigenvalue weighted by Crippen LogP contribution is 2.35. The van der Waals surface area contributed by atoms with Gasteiger partial charge in [-0.3, -0.25) is 4.79 Å². The first-order valence-corrected chi connectivity index (χ1v) is 6.16. The predicted molar refractivity (Wildman–Crippen MR) is 70.7 cm³/mol. The van der Waals surface area contributed by atoms with Gasteiger partial charge in [0, 0.05) is 12.0 Å². The van der Waals surface area contributed by atoms with E-state index in [2.05, 4.69) is 0 Å². The lowest BCUT2D eigenvalue weighted by molar-refractivity contribution is -0.148. The van der Waals surface area contributed by atoms with Crippen molar-refractivity contribution in [2.45, 2.75) is 12.8 Å². The van der Waals surface area contributed by atoms with E-state index in [-0.39, 0.29) is 18.1 Å². The van der Waals surface area contributed by atoms with E-state index < -0.39 is 17.8 Å². The quantitative estimate of drug-likeness (QED) is 0.820. The highest BCUT2D eigenvalue weighted by molar-refractivity contribution is 5.78. The molecule has 0 saturated carbocycles. The van der Waals surface area contributed by atoms with Crippen molar-refractivity contribution < 1.29 is 19.7 Å². The average molecular weight is 260 g/mol. The van der Waals surface area contributed by atoms with E-state index in [0.29, 0.717) is 0 Å². The topological polar surface area (TPSA) is 66.8 Å². The van der Waals surface area contributed by atoms with Gasteiger partial charge in [-0.15, -0.1) is 0 Å². The summed E-state index contributed by atoms with van der Waals surface area (Å²) in [6.07, 6.45) is 2.73. The van der Waals surface area contributed by atoms with Crippen molar-refractivity contribution in [1.82, 2.24) is 0 Å². The molecule has 2 N–H and O–H groups in total. The molecule has 0 spiro atoms. The molecule has 1 aliphatic rings. The average Bonchev–Trinajstić information content (AvgIpc) is 2.39. The molecule has 4 nitrogen and oxygen atoms in total. The van der Waals surface area contributed by atoms with Gasteiger partial charge < -0.3 is 14.9 Å². The third kappa shape index (κ3) is 2.78. The number of aliphatic hydroxyl groups excluding tert-OH is 2. The van der Waals surface area contributed by atoms with Gasteiger partial charge in [-0.2, -0.15) is 0 Å². The minimum Gasteiger partial charge on any atom is -0.511 e. The van der Waals surface area contributed by atoms with Crippen LogP contribution in [0.3, 0.4) is 0 Å². The summed E-state index contributed by atoms with van der Waals surface area (Å²) >= 11 is 0. The molecular weight excluding hydrogens is 244 g/mol. The zero-order chi connectivity index (χ0) is 13.8. The van der Waals surface area contributed by atoms with Crippen LogP contribution in [0.2, 0.25) is 0 Å². The predicted octanol–water partition coefficient (Wildman–Crippen LogP) is 2.85. The van der Waals surface area contributed by atoms with E-state index in [1.165, 1.54) is 6.08 Å². The van der Waals surface area contributed by atoms with E-state index in [9.17, 15) is 15.0 Å². The molecule has 19 heavy (non-hydrogen) atoms. The summed E-state index contributed by atoms with van der Waals surface area (Å²) in [5, 5.41) is 19.5. The number of benzene rings is 1. The van der Waals surface area contributed by atoms with Crippen LogP contribution in [0.1, 0.15) is 18.4 Å². The molecule has 2 unspecified atom stereocenters. The number of rotatable bonds is 3. The molecule has 1 aromatic carbocycles. The van der Waals surface area contributed by atoms with Gasteiger partial charge in [0.15, 0.2) is 0 Å². The summed E-state index contributed by atoms with van der Waals surface area (Å²) in [6, 6.07) is 9.25. The molecule has 2 rings (SSSR count). The second-order valence-corrected chi connectivity index (χ2v) is 4.33. The van der Waals surface area contributed by atoms with Crippen LogP contribution in [0.4, 0.5) is 0 Å². The Labute approximate surface area is 111 Å². The van der Waals surface area contributed by atoms with Gasteiger partial charge in [-0.25, -0.2) is 0 Å². The molecule has 0 bridgehead atoms. The van der Waals surface area contributed by atoms with Crippen molar-refractivity contribution in [1.29, 1.82) is 0 Å². The molecular formula is C15H16O4. The fourth-order valence-electron chi connectivity index (χ4n) is 2.22. The maximum absolute atomic E-state index is 12.0. The van der Waals surface area contributed by atoms with Crippen LogP contribution < -0.4 is 0 Å². The zero-order valence-corrected chi connectivity index (χ0v) is 10.6. The standard InChI is InChI=1S/C15H16O4/c1-2-19-15(18)14-12(8-11(16)9-13(14)17)10-6-4-3-5-7-10/h3-9,12,14,16-17H,2H2,1H3. The Bertz CT molecular complexity index is 516. The fourth-order valence-corrected chi connectivity index (χ4v) is 2.22. The molecule has 1 aromatic rings. The van der Waals surface area contributed by atoms with Gasteiger partial charge in [-0.1, -0.05) is 30.3 Å². The molecule has 100 valence electrons. The van der Waals surface area contributed by atoms with Gasteiger partial charge in [-0.05, 0) is 18.6 Å². The lowest BCUT2D eigenvalue weighted by Crippen LogP contribution is -2.28. The highest BCUT2D eigenvalue weighted by Gasteiger charge is 2.35. The summed E-state index contributed by atoms with van der Waals surface area (Å²) in [5.41, 5.74) is 0.840. The SMILES string of the molecule is CCOC(=O)C1C(O)=CC(O)=CC1c1ccccc1.